The number of aromatic nitrogens is 3. The van der Waals surface area contributed by atoms with E-state index in [0.29, 0.717) is 12.1 Å². The number of benzene rings is 1. The monoisotopic (exact) mass is 322 g/mol. The number of hydrogen-bond acceptors (Lipinski definition) is 4. The SMILES string of the molecule is N#Cc1ccc(Cn2cnc(NC(=O)NC3C=CCCC3)n2)cc1. The molecule has 0 aliphatic heterocycles. The van der Waals surface area contributed by atoms with Gasteiger partial charge in [0, 0.05) is 6.04 Å². The molecule has 122 valence electrons. The van der Waals surface area contributed by atoms with E-state index in [0.717, 1.165) is 24.8 Å². The number of anilines is 1. The lowest BCUT2D eigenvalue weighted by Gasteiger charge is -2.17. The molecule has 0 bridgehead atoms. The van der Waals surface area contributed by atoms with Crippen molar-refractivity contribution in [2.75, 3.05) is 5.32 Å². The van der Waals surface area contributed by atoms with Crippen molar-refractivity contribution in [2.24, 2.45) is 0 Å². The fourth-order valence-corrected chi connectivity index (χ4v) is 2.54. The summed E-state index contributed by atoms with van der Waals surface area (Å²) < 4.78 is 1.64. The molecule has 2 amide bonds. The summed E-state index contributed by atoms with van der Waals surface area (Å²) in [5, 5.41) is 18.6. The fraction of sp³-hybridized carbons (Fsp3) is 0.294. The smallest absolute Gasteiger partial charge is 0.322 e. The van der Waals surface area contributed by atoms with Crippen LogP contribution in [0.25, 0.3) is 0 Å². The van der Waals surface area contributed by atoms with Crippen LogP contribution < -0.4 is 10.6 Å². The summed E-state index contributed by atoms with van der Waals surface area (Å²) in [4.78, 5) is 16.0. The second-order valence-electron chi connectivity index (χ2n) is 5.64. The Bertz CT molecular complexity index is 771. The Hall–Kier alpha value is -3.14. The number of urea groups is 1. The third-order valence-electron chi connectivity index (χ3n) is 3.76. The van der Waals surface area contributed by atoms with E-state index >= 15 is 0 Å². The van der Waals surface area contributed by atoms with Gasteiger partial charge in [-0.15, -0.1) is 5.10 Å². The van der Waals surface area contributed by atoms with Gasteiger partial charge in [-0.2, -0.15) is 5.26 Å². The Labute approximate surface area is 140 Å². The lowest BCUT2D eigenvalue weighted by Crippen LogP contribution is -2.37. The normalized spacial score (nSPS) is 16.4. The van der Waals surface area contributed by atoms with Gasteiger partial charge in [0.1, 0.15) is 6.33 Å². The van der Waals surface area contributed by atoms with Gasteiger partial charge in [-0.1, -0.05) is 24.3 Å². The summed E-state index contributed by atoms with van der Waals surface area (Å²) in [6.45, 7) is 0.521. The average Bonchev–Trinajstić information content (AvgIpc) is 3.03. The predicted molar refractivity (Wildman–Crippen MR) is 89.2 cm³/mol. The maximum absolute atomic E-state index is 11.9. The van der Waals surface area contributed by atoms with Gasteiger partial charge in [0.05, 0.1) is 18.2 Å². The third kappa shape index (κ3) is 4.20. The Morgan fingerprint density at radius 3 is 2.92 bits per heavy atom. The van der Waals surface area contributed by atoms with Crippen LogP contribution in [0.15, 0.2) is 42.7 Å². The highest BCUT2D eigenvalue weighted by atomic mass is 16.2. The number of nitrogens with one attached hydrogen (secondary N) is 2. The zero-order valence-electron chi connectivity index (χ0n) is 13.1. The average molecular weight is 322 g/mol. The lowest BCUT2D eigenvalue weighted by molar-refractivity contribution is 0.249. The van der Waals surface area contributed by atoms with Gasteiger partial charge in [-0.3, -0.25) is 5.32 Å². The highest BCUT2D eigenvalue weighted by Gasteiger charge is 2.13. The van der Waals surface area contributed by atoms with Crippen LogP contribution in [0.5, 0.6) is 0 Å². The quantitative estimate of drug-likeness (QED) is 0.845. The minimum Gasteiger partial charge on any atom is -0.332 e. The summed E-state index contributed by atoms with van der Waals surface area (Å²) >= 11 is 0. The molecule has 1 heterocycles. The van der Waals surface area contributed by atoms with Crippen molar-refractivity contribution in [3.8, 4) is 6.07 Å². The standard InChI is InChI=1S/C17H18N6O/c18-10-13-6-8-14(9-7-13)11-23-12-19-16(22-23)21-17(24)20-15-4-2-1-3-5-15/h2,4,6-9,12,15H,1,3,5,11H2,(H2,20,21,22,24). The van der Waals surface area contributed by atoms with E-state index in [1.165, 1.54) is 0 Å². The van der Waals surface area contributed by atoms with Crippen LogP contribution in [-0.4, -0.2) is 26.8 Å². The lowest BCUT2D eigenvalue weighted by atomic mass is 10.0. The molecule has 0 saturated carbocycles. The van der Waals surface area contributed by atoms with Crippen LogP contribution in [0.4, 0.5) is 10.7 Å². The Balaban J connectivity index is 1.54. The second-order valence-corrected chi connectivity index (χ2v) is 5.64. The van der Waals surface area contributed by atoms with Gasteiger partial charge in [-0.25, -0.2) is 14.5 Å². The molecule has 3 rings (SSSR count). The molecule has 1 aromatic heterocycles. The van der Waals surface area contributed by atoms with Gasteiger partial charge < -0.3 is 5.32 Å². The number of allylic oxidation sites excluding steroid dienone is 1. The van der Waals surface area contributed by atoms with Crippen molar-refractivity contribution in [1.29, 1.82) is 5.26 Å². The van der Waals surface area contributed by atoms with E-state index in [1.807, 2.05) is 18.2 Å². The molecule has 0 radical (unpaired) electrons. The van der Waals surface area contributed by atoms with Crippen LogP contribution in [0.2, 0.25) is 0 Å². The van der Waals surface area contributed by atoms with Crippen LogP contribution >= 0.6 is 0 Å². The van der Waals surface area contributed by atoms with Crippen LogP contribution in [0.1, 0.15) is 30.4 Å². The molecule has 2 aromatic rings. The summed E-state index contributed by atoms with van der Waals surface area (Å²) in [6.07, 6.45) is 8.76. The molecule has 1 aliphatic rings. The molecule has 1 unspecified atom stereocenters. The molecule has 2 N–H and O–H groups in total. The van der Waals surface area contributed by atoms with Gasteiger partial charge in [0.2, 0.25) is 5.95 Å². The first-order chi connectivity index (χ1) is 11.7. The van der Waals surface area contributed by atoms with E-state index in [1.54, 1.807) is 23.1 Å². The van der Waals surface area contributed by atoms with Crippen LogP contribution in [0.3, 0.4) is 0 Å². The number of carbonyl (C=O) groups excluding carboxylic acids is 1. The van der Waals surface area contributed by atoms with Gasteiger partial charge in [0.25, 0.3) is 0 Å². The van der Waals surface area contributed by atoms with E-state index in [-0.39, 0.29) is 18.0 Å². The third-order valence-corrected chi connectivity index (χ3v) is 3.76. The van der Waals surface area contributed by atoms with Crippen molar-refractivity contribution in [3.05, 3.63) is 53.9 Å². The first kappa shape index (κ1) is 15.7. The van der Waals surface area contributed by atoms with Crippen LogP contribution in [-0.2, 0) is 6.54 Å². The minimum absolute atomic E-state index is 0.0690. The summed E-state index contributed by atoms with van der Waals surface area (Å²) in [7, 11) is 0. The van der Waals surface area contributed by atoms with Gasteiger partial charge in [-0.05, 0) is 37.0 Å². The number of rotatable bonds is 4. The first-order valence-electron chi connectivity index (χ1n) is 7.85. The predicted octanol–water partition coefficient (Wildman–Crippen LogP) is 2.43. The molecule has 0 fully saturated rings. The zero-order chi connectivity index (χ0) is 16.8. The Kier molecular flexibility index (Phi) is 4.87. The molecule has 7 nitrogen and oxygen atoms in total. The number of nitrogens with zero attached hydrogens (tertiary/aromatic N) is 4. The topological polar surface area (TPSA) is 95.6 Å². The highest BCUT2D eigenvalue weighted by molar-refractivity contribution is 5.87. The molecule has 0 spiro atoms. The molecular weight excluding hydrogens is 304 g/mol. The van der Waals surface area contributed by atoms with Crippen molar-refractivity contribution in [1.82, 2.24) is 20.1 Å². The van der Waals surface area contributed by atoms with E-state index < -0.39 is 0 Å². The largest absolute Gasteiger partial charge is 0.332 e. The first-order valence-corrected chi connectivity index (χ1v) is 7.85. The van der Waals surface area contributed by atoms with Crippen molar-refractivity contribution < 1.29 is 4.79 Å². The van der Waals surface area contributed by atoms with E-state index in [2.05, 4.69) is 32.9 Å². The molecule has 1 aliphatic carbocycles. The maximum atomic E-state index is 11.9. The van der Waals surface area contributed by atoms with Crippen molar-refractivity contribution in [2.45, 2.75) is 31.8 Å². The molecule has 7 heteroatoms. The highest BCUT2D eigenvalue weighted by Crippen LogP contribution is 2.10. The summed E-state index contributed by atoms with van der Waals surface area (Å²) in [6, 6.07) is 9.11. The molecule has 1 aromatic carbocycles. The molecule has 24 heavy (non-hydrogen) atoms. The maximum Gasteiger partial charge on any atom is 0.322 e. The Morgan fingerprint density at radius 2 is 2.21 bits per heavy atom. The fourth-order valence-electron chi connectivity index (χ4n) is 2.54. The second kappa shape index (κ2) is 7.42. The number of carbonyl (C=O) groups is 1. The minimum atomic E-state index is -0.303. The summed E-state index contributed by atoms with van der Waals surface area (Å²) in [5.41, 5.74) is 1.62. The van der Waals surface area contributed by atoms with E-state index in [4.69, 9.17) is 5.26 Å². The number of nitriles is 1. The van der Waals surface area contributed by atoms with Crippen molar-refractivity contribution >= 4 is 12.0 Å². The van der Waals surface area contributed by atoms with Gasteiger partial charge in [0.15, 0.2) is 0 Å². The zero-order valence-corrected chi connectivity index (χ0v) is 13.1. The van der Waals surface area contributed by atoms with E-state index in [9.17, 15) is 4.79 Å². The summed E-state index contributed by atoms with van der Waals surface area (Å²) in [5.74, 6) is 0.265. The van der Waals surface area contributed by atoms with Crippen LogP contribution in [0, 0.1) is 11.3 Å². The molecular formula is C17H18N6O. The van der Waals surface area contributed by atoms with Gasteiger partial charge >= 0.3 is 6.03 Å². The molecule has 0 saturated heterocycles. The Morgan fingerprint density at radius 1 is 1.38 bits per heavy atom. The van der Waals surface area contributed by atoms with Crippen molar-refractivity contribution in [3.63, 3.8) is 0 Å². The number of amides is 2. The number of hydrogen-bond donors (Lipinski definition) is 2. The molecule has 1 atom stereocenters.